The number of ether oxygens (including phenoxy) is 3. The lowest BCUT2D eigenvalue weighted by molar-refractivity contribution is -0.141. The lowest BCUT2D eigenvalue weighted by Crippen LogP contribution is -2.28. The molecule has 2 aromatic carbocycles. The van der Waals surface area contributed by atoms with Gasteiger partial charge in [0.1, 0.15) is 5.75 Å². The molecule has 0 saturated heterocycles. The van der Waals surface area contributed by atoms with Crippen molar-refractivity contribution in [1.29, 1.82) is 0 Å². The van der Waals surface area contributed by atoms with Crippen molar-refractivity contribution >= 4 is 11.9 Å². The third-order valence-corrected chi connectivity index (χ3v) is 5.54. The zero-order valence-electron chi connectivity index (χ0n) is 19.3. The van der Waals surface area contributed by atoms with Crippen molar-refractivity contribution in [3.05, 3.63) is 54.1 Å². The quantitative estimate of drug-likeness (QED) is 0.410. The van der Waals surface area contributed by atoms with E-state index >= 15 is 0 Å². The number of nitrogens with one attached hydrogen (secondary N) is 1. The molecule has 0 radical (unpaired) electrons. The van der Waals surface area contributed by atoms with Crippen molar-refractivity contribution in [2.24, 2.45) is 5.92 Å². The number of rotatable bonds is 10. The van der Waals surface area contributed by atoms with Gasteiger partial charge in [-0.25, -0.2) is 4.79 Å². The standard InChI is InChI=1S/C26H33NO6/c1-18(2)27-16-22(28)20-13-14-23(32-25(29)17-31-21-11-7-4-8-12-21)24(15-20)33-26(30)19-9-5-3-6-10-19/h4,7-8,11-15,18-19,22,27-28H,3,5-6,9-10,16-17H2,1-2H3. The van der Waals surface area contributed by atoms with E-state index in [0.717, 1.165) is 32.1 Å². The fraction of sp³-hybridized carbons (Fsp3) is 0.462. The molecule has 0 spiro atoms. The van der Waals surface area contributed by atoms with Crippen LogP contribution in [0.3, 0.4) is 0 Å². The molecule has 0 bridgehead atoms. The molecular weight excluding hydrogens is 422 g/mol. The lowest BCUT2D eigenvalue weighted by atomic mass is 9.89. The third-order valence-electron chi connectivity index (χ3n) is 5.54. The molecule has 0 amide bonds. The Morgan fingerprint density at radius 2 is 1.73 bits per heavy atom. The number of esters is 2. The van der Waals surface area contributed by atoms with Crippen LogP contribution in [0.2, 0.25) is 0 Å². The highest BCUT2D eigenvalue weighted by Gasteiger charge is 2.25. The Hall–Kier alpha value is -2.90. The Balaban J connectivity index is 1.72. The van der Waals surface area contributed by atoms with Gasteiger partial charge in [-0.1, -0.05) is 57.4 Å². The third kappa shape index (κ3) is 7.87. The van der Waals surface area contributed by atoms with E-state index < -0.39 is 12.1 Å². The predicted molar refractivity (Wildman–Crippen MR) is 124 cm³/mol. The van der Waals surface area contributed by atoms with Crippen LogP contribution in [0, 0.1) is 5.92 Å². The first-order chi connectivity index (χ1) is 15.9. The van der Waals surface area contributed by atoms with E-state index in [2.05, 4.69) is 5.32 Å². The molecule has 0 heterocycles. The molecule has 1 atom stereocenters. The molecule has 0 aromatic heterocycles. The van der Waals surface area contributed by atoms with Gasteiger partial charge in [0.2, 0.25) is 0 Å². The van der Waals surface area contributed by atoms with E-state index in [4.69, 9.17) is 14.2 Å². The number of hydrogen-bond acceptors (Lipinski definition) is 7. The Morgan fingerprint density at radius 1 is 1.00 bits per heavy atom. The van der Waals surface area contributed by atoms with Crippen molar-refractivity contribution in [1.82, 2.24) is 5.32 Å². The minimum atomic E-state index is -0.800. The smallest absolute Gasteiger partial charge is 0.349 e. The van der Waals surface area contributed by atoms with E-state index in [1.165, 1.54) is 6.07 Å². The fourth-order valence-corrected chi connectivity index (χ4v) is 3.70. The molecule has 2 N–H and O–H groups in total. The summed E-state index contributed by atoms with van der Waals surface area (Å²) in [5.74, 6) is -0.328. The summed E-state index contributed by atoms with van der Waals surface area (Å²) in [7, 11) is 0. The molecule has 3 rings (SSSR count). The summed E-state index contributed by atoms with van der Waals surface area (Å²) < 4.78 is 16.6. The van der Waals surface area contributed by atoms with Crippen LogP contribution in [0.4, 0.5) is 0 Å². The number of aliphatic hydroxyl groups excluding tert-OH is 1. The molecule has 1 fully saturated rings. The van der Waals surface area contributed by atoms with Gasteiger partial charge < -0.3 is 24.6 Å². The maximum Gasteiger partial charge on any atom is 0.349 e. The highest BCUT2D eigenvalue weighted by atomic mass is 16.6. The summed E-state index contributed by atoms with van der Waals surface area (Å²) >= 11 is 0. The largest absolute Gasteiger partial charge is 0.482 e. The maximum absolute atomic E-state index is 12.8. The van der Waals surface area contributed by atoms with Gasteiger partial charge in [0, 0.05) is 12.6 Å². The molecule has 1 unspecified atom stereocenters. The Labute approximate surface area is 195 Å². The molecule has 7 nitrogen and oxygen atoms in total. The number of hydrogen-bond donors (Lipinski definition) is 2. The van der Waals surface area contributed by atoms with Crippen LogP contribution in [0.1, 0.15) is 57.6 Å². The van der Waals surface area contributed by atoms with E-state index in [1.807, 2.05) is 32.0 Å². The monoisotopic (exact) mass is 455 g/mol. The average Bonchev–Trinajstić information content (AvgIpc) is 2.83. The minimum absolute atomic E-state index is 0.119. The second kappa shape index (κ2) is 12.4. The number of para-hydroxylation sites is 1. The highest BCUT2D eigenvalue weighted by molar-refractivity contribution is 5.78. The summed E-state index contributed by atoms with van der Waals surface area (Å²) in [6.07, 6.45) is 3.90. The summed E-state index contributed by atoms with van der Waals surface area (Å²) in [6.45, 7) is 4.04. The minimum Gasteiger partial charge on any atom is -0.482 e. The molecule has 0 aliphatic heterocycles. The SMILES string of the molecule is CC(C)NCC(O)c1ccc(OC(=O)COc2ccccc2)c(OC(=O)C2CCCCC2)c1. The van der Waals surface area contributed by atoms with Gasteiger partial charge >= 0.3 is 11.9 Å². The van der Waals surface area contributed by atoms with E-state index in [9.17, 15) is 14.7 Å². The predicted octanol–water partition coefficient (Wildman–Crippen LogP) is 4.19. The van der Waals surface area contributed by atoms with Gasteiger partial charge in [0.25, 0.3) is 0 Å². The lowest BCUT2D eigenvalue weighted by Gasteiger charge is -2.21. The van der Waals surface area contributed by atoms with Crippen LogP contribution in [0.25, 0.3) is 0 Å². The van der Waals surface area contributed by atoms with Crippen molar-refractivity contribution in [2.75, 3.05) is 13.2 Å². The normalized spacial score (nSPS) is 15.2. The fourth-order valence-electron chi connectivity index (χ4n) is 3.70. The van der Waals surface area contributed by atoms with Crippen molar-refractivity contribution in [3.8, 4) is 17.2 Å². The van der Waals surface area contributed by atoms with Gasteiger partial charge in [-0.2, -0.15) is 0 Å². The number of benzene rings is 2. The molecule has 33 heavy (non-hydrogen) atoms. The summed E-state index contributed by atoms with van der Waals surface area (Å²) in [4.78, 5) is 25.1. The zero-order chi connectivity index (χ0) is 23.6. The van der Waals surface area contributed by atoms with E-state index in [1.54, 1.807) is 24.3 Å². The first kappa shape index (κ1) is 24.7. The van der Waals surface area contributed by atoms with Crippen molar-refractivity contribution in [3.63, 3.8) is 0 Å². The molecule has 178 valence electrons. The van der Waals surface area contributed by atoms with Gasteiger partial charge in [0.05, 0.1) is 12.0 Å². The second-order valence-corrected chi connectivity index (χ2v) is 8.62. The van der Waals surface area contributed by atoms with Crippen LogP contribution in [0.5, 0.6) is 17.2 Å². The van der Waals surface area contributed by atoms with Crippen molar-refractivity contribution < 1.29 is 28.9 Å². The topological polar surface area (TPSA) is 94.1 Å². The first-order valence-corrected chi connectivity index (χ1v) is 11.6. The average molecular weight is 456 g/mol. The zero-order valence-corrected chi connectivity index (χ0v) is 19.3. The van der Waals surface area contributed by atoms with Crippen molar-refractivity contribution in [2.45, 2.75) is 58.1 Å². The summed E-state index contributed by atoms with van der Waals surface area (Å²) in [5.41, 5.74) is 0.565. The van der Waals surface area contributed by atoms with Crippen LogP contribution in [-0.2, 0) is 9.59 Å². The molecule has 2 aromatic rings. The first-order valence-electron chi connectivity index (χ1n) is 11.6. The Kier molecular flexibility index (Phi) is 9.27. The highest BCUT2D eigenvalue weighted by Crippen LogP contribution is 2.33. The summed E-state index contributed by atoms with van der Waals surface area (Å²) in [6, 6.07) is 13.9. The molecule has 1 aliphatic rings. The van der Waals surface area contributed by atoms with Crippen LogP contribution >= 0.6 is 0 Å². The van der Waals surface area contributed by atoms with Gasteiger partial charge in [0.15, 0.2) is 18.1 Å². The molecule has 1 aliphatic carbocycles. The molecular formula is C26H33NO6. The van der Waals surface area contributed by atoms with Gasteiger partial charge in [-0.15, -0.1) is 0 Å². The van der Waals surface area contributed by atoms with Crippen LogP contribution in [0.15, 0.2) is 48.5 Å². The maximum atomic E-state index is 12.8. The second-order valence-electron chi connectivity index (χ2n) is 8.62. The number of aliphatic hydroxyl groups is 1. The molecule has 1 saturated carbocycles. The number of carbonyl (C=O) groups excluding carboxylic acids is 2. The Bertz CT molecular complexity index is 908. The number of carbonyl (C=O) groups is 2. The van der Waals surface area contributed by atoms with Crippen LogP contribution < -0.4 is 19.5 Å². The van der Waals surface area contributed by atoms with E-state index in [-0.39, 0.29) is 36.0 Å². The summed E-state index contributed by atoms with van der Waals surface area (Å²) in [5, 5.41) is 13.7. The van der Waals surface area contributed by atoms with Crippen LogP contribution in [-0.4, -0.2) is 36.2 Å². The molecule has 7 heteroatoms. The van der Waals surface area contributed by atoms with Gasteiger partial charge in [-0.05, 0) is 42.7 Å². The van der Waals surface area contributed by atoms with E-state index in [0.29, 0.717) is 17.9 Å². The Morgan fingerprint density at radius 3 is 2.42 bits per heavy atom. The van der Waals surface area contributed by atoms with Gasteiger partial charge in [-0.3, -0.25) is 4.79 Å².